The minimum absolute atomic E-state index is 0.0235. The third-order valence-corrected chi connectivity index (χ3v) is 2.03. The molecule has 2 N–H and O–H groups in total. The highest BCUT2D eigenvalue weighted by atomic mass is 16.3. The highest BCUT2D eigenvalue weighted by molar-refractivity contribution is 5.58. The van der Waals surface area contributed by atoms with Gasteiger partial charge in [0.2, 0.25) is 0 Å². The van der Waals surface area contributed by atoms with Crippen molar-refractivity contribution in [3.05, 3.63) is 30.5 Å². The summed E-state index contributed by atoms with van der Waals surface area (Å²) in [6.45, 7) is 0.447. The van der Waals surface area contributed by atoms with E-state index in [4.69, 9.17) is 10.4 Å². The second-order valence-corrected chi connectivity index (χ2v) is 3.21. The van der Waals surface area contributed by atoms with Crippen molar-refractivity contribution in [1.29, 1.82) is 5.26 Å². The van der Waals surface area contributed by atoms with Crippen molar-refractivity contribution >= 4 is 11.5 Å². The predicted octanol–water partition coefficient (Wildman–Crippen LogP) is 0.281. The summed E-state index contributed by atoms with van der Waals surface area (Å²) in [6, 6.07) is 1.94. The van der Waals surface area contributed by atoms with Gasteiger partial charge in [-0.3, -0.25) is 4.68 Å². The van der Waals surface area contributed by atoms with Gasteiger partial charge in [0.25, 0.3) is 0 Å². The molecule has 0 unspecified atom stereocenters. The molecule has 7 heteroatoms. The van der Waals surface area contributed by atoms with Gasteiger partial charge in [0, 0.05) is 18.6 Å². The summed E-state index contributed by atoms with van der Waals surface area (Å²) in [5.74, 6) is 0.388. The SMILES string of the molecule is N#Cc1nccnc1Nc1cnn(CCO)c1. The molecule has 0 spiro atoms. The Morgan fingerprint density at radius 2 is 2.24 bits per heavy atom. The van der Waals surface area contributed by atoms with E-state index in [0.717, 1.165) is 0 Å². The number of nitrogens with zero attached hydrogens (tertiary/aromatic N) is 5. The van der Waals surface area contributed by atoms with E-state index in [0.29, 0.717) is 18.1 Å². The zero-order chi connectivity index (χ0) is 12.1. The van der Waals surface area contributed by atoms with E-state index in [9.17, 15) is 0 Å². The van der Waals surface area contributed by atoms with Gasteiger partial charge in [-0.05, 0) is 0 Å². The van der Waals surface area contributed by atoms with Crippen molar-refractivity contribution < 1.29 is 5.11 Å². The lowest BCUT2D eigenvalue weighted by Crippen LogP contribution is -2.02. The van der Waals surface area contributed by atoms with E-state index in [1.54, 1.807) is 17.1 Å². The number of nitrogens with one attached hydrogen (secondary N) is 1. The minimum atomic E-state index is 0.0235. The van der Waals surface area contributed by atoms with Crippen molar-refractivity contribution in [2.24, 2.45) is 0 Å². The van der Waals surface area contributed by atoms with E-state index < -0.39 is 0 Å². The van der Waals surface area contributed by atoms with E-state index in [-0.39, 0.29) is 12.3 Å². The summed E-state index contributed by atoms with van der Waals surface area (Å²) in [4.78, 5) is 7.90. The van der Waals surface area contributed by atoms with Crippen molar-refractivity contribution in [3.63, 3.8) is 0 Å². The molecule has 0 radical (unpaired) electrons. The molecule has 0 amide bonds. The Morgan fingerprint density at radius 1 is 1.41 bits per heavy atom. The van der Waals surface area contributed by atoms with Crippen LogP contribution in [0.2, 0.25) is 0 Å². The fraction of sp³-hybridized carbons (Fsp3) is 0.200. The fourth-order valence-electron chi connectivity index (χ4n) is 1.30. The van der Waals surface area contributed by atoms with E-state index in [1.165, 1.54) is 12.4 Å². The zero-order valence-electron chi connectivity index (χ0n) is 8.91. The molecule has 0 saturated carbocycles. The van der Waals surface area contributed by atoms with Gasteiger partial charge in [-0.1, -0.05) is 0 Å². The average Bonchev–Trinajstić information content (AvgIpc) is 2.78. The number of nitriles is 1. The maximum atomic E-state index is 8.84. The third-order valence-electron chi connectivity index (χ3n) is 2.03. The predicted molar refractivity (Wildman–Crippen MR) is 59.3 cm³/mol. The number of hydrogen-bond acceptors (Lipinski definition) is 6. The second-order valence-electron chi connectivity index (χ2n) is 3.21. The molecule has 0 aliphatic rings. The number of rotatable bonds is 4. The molecular formula is C10H10N6O. The van der Waals surface area contributed by atoms with Gasteiger partial charge in [0.15, 0.2) is 11.5 Å². The number of aliphatic hydroxyl groups excluding tert-OH is 1. The Morgan fingerprint density at radius 3 is 3.00 bits per heavy atom. The lowest BCUT2D eigenvalue weighted by Gasteiger charge is -2.02. The molecule has 0 atom stereocenters. The first-order chi connectivity index (χ1) is 8.33. The number of hydrogen-bond donors (Lipinski definition) is 2. The Kier molecular flexibility index (Phi) is 3.28. The van der Waals surface area contributed by atoms with E-state index >= 15 is 0 Å². The van der Waals surface area contributed by atoms with Crippen LogP contribution in [0.15, 0.2) is 24.8 Å². The quantitative estimate of drug-likeness (QED) is 0.782. The van der Waals surface area contributed by atoms with Gasteiger partial charge in [-0.2, -0.15) is 10.4 Å². The highest BCUT2D eigenvalue weighted by Crippen LogP contribution is 2.15. The minimum Gasteiger partial charge on any atom is -0.394 e. The molecule has 2 aromatic rings. The molecule has 17 heavy (non-hydrogen) atoms. The largest absolute Gasteiger partial charge is 0.394 e. The molecule has 86 valence electrons. The third kappa shape index (κ3) is 2.56. The van der Waals surface area contributed by atoms with E-state index in [1.807, 2.05) is 6.07 Å². The van der Waals surface area contributed by atoms with Crippen molar-refractivity contribution in [2.45, 2.75) is 6.54 Å². The fourth-order valence-corrected chi connectivity index (χ4v) is 1.30. The van der Waals surface area contributed by atoms with Crippen LogP contribution < -0.4 is 5.32 Å². The van der Waals surface area contributed by atoms with Crippen LogP contribution in [0.25, 0.3) is 0 Å². The van der Waals surface area contributed by atoms with Gasteiger partial charge >= 0.3 is 0 Å². The van der Waals surface area contributed by atoms with Crippen molar-refractivity contribution in [2.75, 3.05) is 11.9 Å². The average molecular weight is 230 g/mol. The van der Waals surface area contributed by atoms with Crippen molar-refractivity contribution in [3.8, 4) is 6.07 Å². The van der Waals surface area contributed by atoms with Crippen LogP contribution >= 0.6 is 0 Å². The Hall–Kier alpha value is -2.46. The summed E-state index contributed by atoms with van der Waals surface area (Å²) in [6.07, 6.45) is 6.26. The normalized spacial score (nSPS) is 9.88. The first kappa shape index (κ1) is 11.0. The maximum Gasteiger partial charge on any atom is 0.183 e. The van der Waals surface area contributed by atoms with Crippen LogP contribution in [0.3, 0.4) is 0 Å². The Labute approximate surface area is 97.4 Å². The first-order valence-electron chi connectivity index (χ1n) is 4.95. The summed E-state index contributed by atoms with van der Waals surface area (Å²) >= 11 is 0. The molecule has 0 fully saturated rings. The summed E-state index contributed by atoms with van der Waals surface area (Å²) in [5.41, 5.74) is 0.915. The molecular weight excluding hydrogens is 220 g/mol. The molecule has 2 aromatic heterocycles. The summed E-state index contributed by atoms with van der Waals surface area (Å²) < 4.78 is 1.59. The van der Waals surface area contributed by atoms with Gasteiger partial charge in [0.05, 0.1) is 25.0 Å². The van der Waals surface area contributed by atoms with Crippen molar-refractivity contribution in [1.82, 2.24) is 19.7 Å². The number of aromatic nitrogens is 4. The van der Waals surface area contributed by atoms with Crippen LogP contribution in [-0.2, 0) is 6.54 Å². The second kappa shape index (κ2) is 5.05. The van der Waals surface area contributed by atoms with Crippen LogP contribution in [0.4, 0.5) is 11.5 Å². The van der Waals surface area contributed by atoms with Crippen LogP contribution in [-0.4, -0.2) is 31.5 Å². The Bertz CT molecular complexity index is 544. The van der Waals surface area contributed by atoms with Gasteiger partial charge < -0.3 is 10.4 Å². The van der Waals surface area contributed by atoms with Crippen LogP contribution in [0, 0.1) is 11.3 Å². The molecule has 0 aliphatic heterocycles. The molecule has 0 bridgehead atoms. The van der Waals surface area contributed by atoms with Gasteiger partial charge in [-0.25, -0.2) is 9.97 Å². The topological polar surface area (TPSA) is 99.7 Å². The smallest absolute Gasteiger partial charge is 0.183 e. The molecule has 0 aromatic carbocycles. The molecule has 7 nitrogen and oxygen atoms in total. The molecule has 0 saturated heterocycles. The van der Waals surface area contributed by atoms with Gasteiger partial charge in [-0.15, -0.1) is 0 Å². The molecule has 0 aliphatic carbocycles. The lowest BCUT2D eigenvalue weighted by atomic mass is 10.4. The van der Waals surface area contributed by atoms with Crippen LogP contribution in [0.5, 0.6) is 0 Å². The first-order valence-corrected chi connectivity index (χ1v) is 4.95. The van der Waals surface area contributed by atoms with Crippen LogP contribution in [0.1, 0.15) is 5.69 Å². The van der Waals surface area contributed by atoms with E-state index in [2.05, 4.69) is 20.4 Å². The zero-order valence-corrected chi connectivity index (χ0v) is 8.91. The Balaban J connectivity index is 2.17. The monoisotopic (exact) mass is 230 g/mol. The number of anilines is 2. The van der Waals surface area contributed by atoms with Gasteiger partial charge in [0.1, 0.15) is 6.07 Å². The molecule has 2 heterocycles. The summed E-state index contributed by atoms with van der Waals surface area (Å²) in [7, 11) is 0. The number of aliphatic hydroxyl groups is 1. The highest BCUT2D eigenvalue weighted by Gasteiger charge is 2.05. The molecule has 2 rings (SSSR count). The summed E-state index contributed by atoms with van der Waals surface area (Å²) in [5, 5.41) is 24.6. The standard InChI is InChI=1S/C10H10N6O/c11-5-9-10(13-2-1-12-9)15-8-6-14-16(7-8)3-4-17/h1-2,6-7,17H,3-4H2,(H,13,15). The lowest BCUT2D eigenvalue weighted by molar-refractivity contribution is 0.269. The maximum absolute atomic E-state index is 8.84.